The molecule has 1 N–H and O–H groups in total. The molecule has 0 saturated carbocycles. The van der Waals surface area contributed by atoms with Gasteiger partial charge in [0.05, 0.1) is 4.92 Å². The van der Waals surface area contributed by atoms with Crippen molar-refractivity contribution in [3.05, 3.63) is 31.9 Å². The van der Waals surface area contributed by atoms with Crippen LogP contribution >= 0.6 is 22.6 Å². The minimum Gasteiger partial charge on any atom is -0.312 e. The molecule has 0 radical (unpaired) electrons. The average Bonchev–Trinajstić information content (AvgIpc) is 2.35. The first kappa shape index (κ1) is 14.5. The lowest BCUT2D eigenvalue weighted by Gasteiger charge is -2.39. The Balaban J connectivity index is 2.24. The molecule has 104 valence electrons. The molecule has 1 heterocycles. The summed E-state index contributed by atoms with van der Waals surface area (Å²) in [7, 11) is 0. The molecule has 2 unspecified atom stereocenters. The van der Waals surface area contributed by atoms with Crippen LogP contribution in [0, 0.1) is 13.7 Å². The van der Waals surface area contributed by atoms with Crippen LogP contribution in [0.2, 0.25) is 0 Å². The fraction of sp³-hybridized carbons (Fsp3) is 0.538. The molecular weight excluding hydrogens is 357 g/mol. The Morgan fingerprint density at radius 2 is 2.00 bits per heavy atom. The fourth-order valence-electron chi connectivity index (χ4n) is 2.53. The maximum absolute atomic E-state index is 11.1. The molecule has 2 atom stereocenters. The van der Waals surface area contributed by atoms with Gasteiger partial charge in [0.25, 0.3) is 5.69 Å². The highest BCUT2D eigenvalue weighted by molar-refractivity contribution is 14.1. The van der Waals surface area contributed by atoms with E-state index in [-0.39, 0.29) is 10.6 Å². The van der Waals surface area contributed by atoms with E-state index in [1.54, 1.807) is 12.1 Å². The van der Waals surface area contributed by atoms with Gasteiger partial charge in [0.2, 0.25) is 0 Å². The van der Waals surface area contributed by atoms with E-state index in [0.29, 0.717) is 17.8 Å². The third-order valence-corrected chi connectivity index (χ3v) is 4.27. The van der Waals surface area contributed by atoms with Crippen molar-refractivity contribution in [3.63, 3.8) is 0 Å². The summed E-state index contributed by atoms with van der Waals surface area (Å²) < 4.78 is 0.870. The van der Waals surface area contributed by atoms with Gasteiger partial charge in [0.15, 0.2) is 0 Å². The molecule has 0 aromatic heterocycles. The number of hydrazine groups is 1. The second kappa shape index (κ2) is 6.04. The predicted molar refractivity (Wildman–Crippen MR) is 84.1 cm³/mol. The lowest BCUT2D eigenvalue weighted by atomic mass is 10.00. The van der Waals surface area contributed by atoms with Crippen molar-refractivity contribution < 1.29 is 4.92 Å². The molecule has 19 heavy (non-hydrogen) atoms. The Labute approximate surface area is 126 Å². The highest BCUT2D eigenvalue weighted by Crippen LogP contribution is 2.30. The van der Waals surface area contributed by atoms with E-state index >= 15 is 0 Å². The summed E-state index contributed by atoms with van der Waals surface area (Å²) in [6, 6.07) is 6.05. The van der Waals surface area contributed by atoms with Crippen molar-refractivity contribution >= 4 is 34.0 Å². The van der Waals surface area contributed by atoms with E-state index < -0.39 is 0 Å². The van der Waals surface area contributed by atoms with Gasteiger partial charge in [-0.05, 0) is 61.4 Å². The monoisotopic (exact) mass is 375 g/mol. The summed E-state index contributed by atoms with van der Waals surface area (Å²) in [4.78, 5) is 10.8. The second-order valence-electron chi connectivity index (χ2n) is 5.07. The van der Waals surface area contributed by atoms with Gasteiger partial charge < -0.3 is 5.43 Å². The molecular formula is C13H18IN3O2. The molecule has 0 amide bonds. The second-order valence-corrected chi connectivity index (χ2v) is 6.31. The Hall–Kier alpha value is -0.890. The Morgan fingerprint density at radius 1 is 1.37 bits per heavy atom. The third-order valence-electron chi connectivity index (χ3n) is 3.60. The summed E-state index contributed by atoms with van der Waals surface area (Å²) in [5.74, 6) is 0. The van der Waals surface area contributed by atoms with Crippen molar-refractivity contribution in [2.75, 3.05) is 5.43 Å². The Kier molecular flexibility index (Phi) is 4.62. The van der Waals surface area contributed by atoms with Gasteiger partial charge >= 0.3 is 0 Å². The molecule has 1 aliphatic rings. The van der Waals surface area contributed by atoms with E-state index in [9.17, 15) is 10.1 Å². The van der Waals surface area contributed by atoms with Gasteiger partial charge in [0, 0.05) is 21.7 Å². The molecule has 5 nitrogen and oxygen atoms in total. The fourth-order valence-corrected chi connectivity index (χ4v) is 3.01. The highest BCUT2D eigenvalue weighted by atomic mass is 127. The van der Waals surface area contributed by atoms with Crippen LogP contribution in [0.15, 0.2) is 18.2 Å². The van der Waals surface area contributed by atoms with Gasteiger partial charge in [-0.25, -0.2) is 5.01 Å². The number of nitrogens with one attached hydrogen (secondary N) is 1. The SMILES string of the molecule is CC1CCCC(C)N1Nc1ccc(I)cc1[N+](=O)[O-]. The molecule has 1 aliphatic heterocycles. The number of rotatable bonds is 3. The van der Waals surface area contributed by atoms with E-state index in [4.69, 9.17) is 0 Å². The maximum Gasteiger partial charge on any atom is 0.294 e. The van der Waals surface area contributed by atoms with Crippen LogP contribution in [-0.2, 0) is 0 Å². The Morgan fingerprint density at radius 3 is 2.58 bits per heavy atom. The van der Waals surface area contributed by atoms with Gasteiger partial charge in [-0.1, -0.05) is 6.42 Å². The summed E-state index contributed by atoms with van der Waals surface area (Å²) in [5, 5.41) is 13.3. The summed E-state index contributed by atoms with van der Waals surface area (Å²) in [6.07, 6.45) is 3.46. The topological polar surface area (TPSA) is 58.4 Å². The van der Waals surface area contributed by atoms with Crippen LogP contribution in [0.5, 0.6) is 0 Å². The van der Waals surface area contributed by atoms with Crippen molar-refractivity contribution in [2.45, 2.75) is 45.2 Å². The van der Waals surface area contributed by atoms with Gasteiger partial charge in [-0.2, -0.15) is 0 Å². The molecule has 1 saturated heterocycles. The molecule has 1 aromatic rings. The highest BCUT2D eigenvalue weighted by Gasteiger charge is 2.26. The number of anilines is 1. The first-order valence-electron chi connectivity index (χ1n) is 6.48. The third kappa shape index (κ3) is 3.36. The lowest BCUT2D eigenvalue weighted by Crippen LogP contribution is -2.47. The number of nitro groups is 1. The lowest BCUT2D eigenvalue weighted by molar-refractivity contribution is -0.384. The predicted octanol–water partition coefficient (Wildman–Crippen LogP) is 3.79. The van der Waals surface area contributed by atoms with Crippen LogP contribution in [0.3, 0.4) is 0 Å². The number of nitro benzene ring substituents is 1. The van der Waals surface area contributed by atoms with Crippen molar-refractivity contribution in [1.29, 1.82) is 0 Å². The zero-order valence-corrected chi connectivity index (χ0v) is 13.3. The first-order valence-corrected chi connectivity index (χ1v) is 7.56. The van der Waals surface area contributed by atoms with Crippen LogP contribution in [0.4, 0.5) is 11.4 Å². The summed E-state index contributed by atoms with van der Waals surface area (Å²) >= 11 is 2.09. The number of hydrogen-bond acceptors (Lipinski definition) is 4. The first-order chi connectivity index (χ1) is 8.99. The van der Waals surface area contributed by atoms with Gasteiger partial charge in [0.1, 0.15) is 5.69 Å². The minimum atomic E-state index is -0.330. The smallest absolute Gasteiger partial charge is 0.294 e. The van der Waals surface area contributed by atoms with E-state index in [0.717, 1.165) is 16.4 Å². The molecule has 1 fully saturated rings. The van der Waals surface area contributed by atoms with E-state index in [1.165, 1.54) is 6.42 Å². The maximum atomic E-state index is 11.1. The number of nitrogens with zero attached hydrogens (tertiary/aromatic N) is 2. The van der Waals surface area contributed by atoms with Crippen LogP contribution in [0.25, 0.3) is 0 Å². The summed E-state index contributed by atoms with van der Waals surface area (Å²) in [6.45, 7) is 4.31. The van der Waals surface area contributed by atoms with Crippen molar-refractivity contribution in [1.82, 2.24) is 5.01 Å². The average molecular weight is 375 g/mol. The van der Waals surface area contributed by atoms with Crippen LogP contribution < -0.4 is 5.43 Å². The number of benzene rings is 1. The molecule has 2 rings (SSSR count). The van der Waals surface area contributed by atoms with E-state index in [1.807, 2.05) is 6.07 Å². The zero-order valence-electron chi connectivity index (χ0n) is 11.1. The molecule has 6 heteroatoms. The van der Waals surface area contributed by atoms with Gasteiger partial charge in [-0.15, -0.1) is 0 Å². The molecule has 1 aromatic carbocycles. The Bertz CT molecular complexity index is 471. The minimum absolute atomic E-state index is 0.136. The standard InChI is InChI=1S/C13H18IN3O2/c1-9-4-3-5-10(2)16(9)15-12-7-6-11(14)8-13(12)17(18)19/h6-10,15H,3-5H2,1-2H3. The van der Waals surface area contributed by atoms with Crippen LogP contribution in [0.1, 0.15) is 33.1 Å². The molecule has 0 bridgehead atoms. The van der Waals surface area contributed by atoms with Crippen molar-refractivity contribution in [3.8, 4) is 0 Å². The largest absolute Gasteiger partial charge is 0.312 e. The normalized spacial score (nSPS) is 24.2. The molecule has 0 aliphatic carbocycles. The quantitative estimate of drug-likeness (QED) is 0.496. The summed E-state index contributed by atoms with van der Waals surface area (Å²) in [5.41, 5.74) is 3.96. The number of piperidine rings is 1. The van der Waals surface area contributed by atoms with Crippen molar-refractivity contribution in [2.24, 2.45) is 0 Å². The number of hydrogen-bond donors (Lipinski definition) is 1. The zero-order chi connectivity index (χ0) is 14.0. The van der Waals surface area contributed by atoms with Crippen LogP contribution in [-0.4, -0.2) is 22.0 Å². The van der Waals surface area contributed by atoms with E-state index in [2.05, 4.69) is 46.9 Å². The number of halogens is 1. The molecule has 0 spiro atoms. The van der Waals surface area contributed by atoms with Gasteiger partial charge in [-0.3, -0.25) is 10.1 Å².